The molecule has 0 saturated carbocycles. The highest BCUT2D eigenvalue weighted by atomic mass is 32.1. The molecule has 0 saturated heterocycles. The quantitative estimate of drug-likeness (QED) is 0.744. The maximum atomic E-state index is 5.35. The number of nitrogens with zero attached hydrogens (tertiary/aromatic N) is 2. The minimum absolute atomic E-state index is 0.581. The van der Waals surface area contributed by atoms with E-state index >= 15 is 0 Å². The minimum atomic E-state index is 0.581. The van der Waals surface area contributed by atoms with E-state index in [2.05, 4.69) is 10.2 Å². The summed E-state index contributed by atoms with van der Waals surface area (Å²) >= 11 is 6.99. The Hall–Kier alpha value is -1.92. The maximum absolute atomic E-state index is 5.35. The van der Waals surface area contributed by atoms with Crippen molar-refractivity contribution in [1.29, 1.82) is 0 Å². The Balaban J connectivity index is 2.18. The second kappa shape index (κ2) is 5.22. The van der Waals surface area contributed by atoms with Gasteiger partial charge in [0.05, 0.1) is 17.7 Å². The number of benzene rings is 1. The third kappa shape index (κ3) is 2.17. The molecular formula is C14H13N3OS2. The Morgan fingerprint density at radius 1 is 1.35 bits per heavy atom. The third-order valence-electron chi connectivity index (χ3n) is 3.05. The Morgan fingerprint density at radius 2 is 2.20 bits per heavy atom. The molecule has 0 unspecified atom stereocenters. The normalized spacial score (nSPS) is 10.7. The van der Waals surface area contributed by atoms with Crippen LogP contribution in [0.5, 0.6) is 5.75 Å². The van der Waals surface area contributed by atoms with E-state index in [1.807, 2.05) is 47.2 Å². The van der Waals surface area contributed by atoms with E-state index in [4.69, 9.17) is 17.0 Å². The molecular weight excluding hydrogens is 290 g/mol. The lowest BCUT2D eigenvalue weighted by Crippen LogP contribution is -1.98. The van der Waals surface area contributed by atoms with Gasteiger partial charge in [0, 0.05) is 0 Å². The van der Waals surface area contributed by atoms with Gasteiger partial charge in [-0.05, 0) is 54.4 Å². The van der Waals surface area contributed by atoms with Gasteiger partial charge in [0.25, 0.3) is 0 Å². The average Bonchev–Trinajstić information content (AvgIpc) is 3.07. The fourth-order valence-electron chi connectivity index (χ4n) is 2.11. The molecule has 102 valence electrons. The number of nitrogens with one attached hydrogen (secondary N) is 1. The number of ether oxygens (including phenoxy) is 1. The predicted molar refractivity (Wildman–Crippen MR) is 83.4 cm³/mol. The molecule has 0 spiro atoms. The summed E-state index contributed by atoms with van der Waals surface area (Å²) in [7, 11) is 1.67. The van der Waals surface area contributed by atoms with Crippen LogP contribution in [0.2, 0.25) is 0 Å². The van der Waals surface area contributed by atoms with Crippen LogP contribution in [0.4, 0.5) is 0 Å². The molecule has 0 radical (unpaired) electrons. The van der Waals surface area contributed by atoms with Crippen LogP contribution in [-0.4, -0.2) is 21.9 Å². The van der Waals surface area contributed by atoms with Crippen molar-refractivity contribution in [3.05, 3.63) is 46.0 Å². The van der Waals surface area contributed by atoms with Crippen LogP contribution in [0.15, 0.2) is 35.7 Å². The van der Waals surface area contributed by atoms with E-state index in [-0.39, 0.29) is 0 Å². The number of aromatic nitrogens is 3. The van der Waals surface area contributed by atoms with Crippen molar-refractivity contribution < 1.29 is 4.74 Å². The highest BCUT2D eigenvalue weighted by Gasteiger charge is 2.12. The maximum Gasteiger partial charge on any atom is 0.200 e. The van der Waals surface area contributed by atoms with Gasteiger partial charge in [-0.25, -0.2) is 0 Å². The zero-order valence-corrected chi connectivity index (χ0v) is 12.7. The second-order valence-electron chi connectivity index (χ2n) is 4.32. The first kappa shape index (κ1) is 13.1. The lowest BCUT2D eigenvalue weighted by Gasteiger charge is -2.09. The fraction of sp³-hybridized carbons (Fsp3) is 0.143. The van der Waals surface area contributed by atoms with Crippen molar-refractivity contribution in [3.8, 4) is 22.1 Å². The molecule has 2 aromatic heterocycles. The van der Waals surface area contributed by atoms with Crippen molar-refractivity contribution in [2.75, 3.05) is 7.11 Å². The van der Waals surface area contributed by atoms with Crippen LogP contribution in [0, 0.1) is 11.7 Å². The summed E-state index contributed by atoms with van der Waals surface area (Å²) < 4.78 is 7.81. The third-order valence-corrected chi connectivity index (χ3v) is 4.19. The van der Waals surface area contributed by atoms with Gasteiger partial charge in [0.2, 0.25) is 0 Å². The molecule has 3 rings (SSSR count). The number of methoxy groups -OCH3 is 1. The smallest absolute Gasteiger partial charge is 0.200 e. The largest absolute Gasteiger partial charge is 0.496 e. The number of rotatable bonds is 3. The Labute approximate surface area is 125 Å². The predicted octanol–water partition coefficient (Wildman–Crippen LogP) is 3.98. The topological polar surface area (TPSA) is 42.8 Å². The van der Waals surface area contributed by atoms with Gasteiger partial charge in [0.15, 0.2) is 10.6 Å². The molecule has 3 aromatic rings. The second-order valence-corrected chi connectivity index (χ2v) is 5.65. The lowest BCUT2D eigenvalue weighted by atomic mass is 10.2. The van der Waals surface area contributed by atoms with Gasteiger partial charge in [-0.15, -0.1) is 11.3 Å². The Bertz CT molecular complexity index is 787. The molecule has 0 atom stereocenters. The standard InChI is InChI=1S/C14H13N3OS2/c1-9-8-10(5-6-11(9)18-2)17-13(15-16-14(17)19)12-4-3-7-20-12/h3-8H,1-2H3,(H,16,19). The summed E-state index contributed by atoms with van der Waals surface area (Å²) in [5.74, 6) is 1.69. The Morgan fingerprint density at radius 3 is 2.85 bits per heavy atom. The molecule has 6 heteroatoms. The highest BCUT2D eigenvalue weighted by molar-refractivity contribution is 7.71. The summed E-state index contributed by atoms with van der Waals surface area (Å²) in [5, 5.41) is 9.22. The number of H-pyrrole nitrogens is 1. The van der Waals surface area contributed by atoms with Gasteiger partial charge in [0.1, 0.15) is 5.75 Å². The van der Waals surface area contributed by atoms with E-state index in [9.17, 15) is 0 Å². The van der Waals surface area contributed by atoms with Gasteiger partial charge in [-0.3, -0.25) is 9.67 Å². The molecule has 20 heavy (non-hydrogen) atoms. The van der Waals surface area contributed by atoms with Crippen LogP contribution in [0.1, 0.15) is 5.56 Å². The summed E-state index contributed by atoms with van der Waals surface area (Å²) in [6.07, 6.45) is 0. The number of aryl methyl sites for hydroxylation is 1. The van der Waals surface area contributed by atoms with Crippen molar-refractivity contribution in [3.63, 3.8) is 0 Å². The Kier molecular flexibility index (Phi) is 3.42. The van der Waals surface area contributed by atoms with Crippen LogP contribution in [0.25, 0.3) is 16.4 Å². The summed E-state index contributed by atoms with van der Waals surface area (Å²) in [6, 6.07) is 10.00. The summed E-state index contributed by atoms with van der Waals surface area (Å²) in [4.78, 5) is 1.07. The van der Waals surface area contributed by atoms with Crippen LogP contribution < -0.4 is 4.74 Å². The van der Waals surface area contributed by atoms with E-state index < -0.39 is 0 Å². The number of hydrogen-bond donors (Lipinski definition) is 1. The molecule has 0 bridgehead atoms. The minimum Gasteiger partial charge on any atom is -0.496 e. The molecule has 2 heterocycles. The summed E-state index contributed by atoms with van der Waals surface area (Å²) in [6.45, 7) is 2.01. The zero-order chi connectivity index (χ0) is 14.1. The van der Waals surface area contributed by atoms with Crippen molar-refractivity contribution in [1.82, 2.24) is 14.8 Å². The van der Waals surface area contributed by atoms with E-state index in [0.29, 0.717) is 4.77 Å². The molecule has 1 aromatic carbocycles. The molecule has 0 aliphatic rings. The van der Waals surface area contributed by atoms with Gasteiger partial charge in [-0.2, -0.15) is 5.10 Å². The highest BCUT2D eigenvalue weighted by Crippen LogP contribution is 2.27. The first-order valence-corrected chi connectivity index (χ1v) is 7.36. The van der Waals surface area contributed by atoms with Gasteiger partial charge < -0.3 is 4.74 Å². The SMILES string of the molecule is COc1ccc(-n2c(-c3cccs3)n[nH]c2=S)cc1C. The number of thiophene rings is 1. The lowest BCUT2D eigenvalue weighted by molar-refractivity contribution is 0.411. The van der Waals surface area contributed by atoms with Crippen LogP contribution in [-0.2, 0) is 0 Å². The molecule has 0 fully saturated rings. The molecule has 0 aliphatic heterocycles. The fourth-order valence-corrected chi connectivity index (χ4v) is 3.05. The van der Waals surface area contributed by atoms with Crippen molar-refractivity contribution >= 4 is 23.6 Å². The summed E-state index contributed by atoms with van der Waals surface area (Å²) in [5.41, 5.74) is 2.04. The van der Waals surface area contributed by atoms with Crippen molar-refractivity contribution in [2.24, 2.45) is 0 Å². The number of aromatic amines is 1. The number of hydrogen-bond acceptors (Lipinski definition) is 4. The van der Waals surface area contributed by atoms with Crippen LogP contribution in [0.3, 0.4) is 0 Å². The molecule has 1 N–H and O–H groups in total. The van der Waals surface area contributed by atoms with Crippen LogP contribution >= 0.6 is 23.6 Å². The van der Waals surface area contributed by atoms with E-state index in [0.717, 1.165) is 27.7 Å². The average molecular weight is 303 g/mol. The molecule has 4 nitrogen and oxygen atoms in total. The molecule has 0 aliphatic carbocycles. The van der Waals surface area contributed by atoms with Gasteiger partial charge >= 0.3 is 0 Å². The zero-order valence-electron chi connectivity index (χ0n) is 11.1. The molecule has 0 amide bonds. The van der Waals surface area contributed by atoms with E-state index in [1.54, 1.807) is 18.4 Å². The first-order chi connectivity index (χ1) is 9.70. The van der Waals surface area contributed by atoms with Gasteiger partial charge in [-0.1, -0.05) is 6.07 Å². The first-order valence-electron chi connectivity index (χ1n) is 6.07. The monoisotopic (exact) mass is 303 g/mol. The van der Waals surface area contributed by atoms with Crippen molar-refractivity contribution in [2.45, 2.75) is 6.92 Å². The van der Waals surface area contributed by atoms with E-state index in [1.165, 1.54) is 0 Å².